The van der Waals surface area contributed by atoms with Crippen LogP contribution in [0.2, 0.25) is 0 Å². The van der Waals surface area contributed by atoms with Gasteiger partial charge >= 0.3 is 0 Å². The molecule has 1 amide bonds. The number of carbonyl (C=O) groups is 1. The van der Waals surface area contributed by atoms with Crippen molar-refractivity contribution in [2.45, 2.75) is 37.3 Å². The topological polar surface area (TPSA) is 69.5 Å². The molecule has 28 heavy (non-hydrogen) atoms. The standard InChI is InChI=1S/C20H26N4O3S/c1-23-19(15-7-8-16-17(13-15)27-12-6-11-26-16)21-22-20(23)28-14-18(25)24-9-4-2-3-5-10-24/h7-8,13H,2-6,9-12,14H2,1H3. The number of likely N-dealkylation sites (tertiary alicyclic amines) is 1. The lowest BCUT2D eigenvalue weighted by Gasteiger charge is -2.19. The Labute approximate surface area is 169 Å². The van der Waals surface area contributed by atoms with E-state index in [0.717, 1.165) is 60.4 Å². The molecule has 0 aliphatic carbocycles. The van der Waals surface area contributed by atoms with Gasteiger partial charge in [0.25, 0.3) is 0 Å². The Bertz CT molecular complexity index is 831. The first kappa shape index (κ1) is 19.1. The molecule has 8 heteroatoms. The predicted octanol–water partition coefficient (Wildman–Crippen LogP) is 3.14. The third-order valence-corrected chi connectivity index (χ3v) is 6.13. The highest BCUT2D eigenvalue weighted by Gasteiger charge is 2.19. The number of ether oxygens (including phenoxy) is 2. The summed E-state index contributed by atoms with van der Waals surface area (Å²) in [6, 6.07) is 5.83. The molecule has 0 radical (unpaired) electrons. The summed E-state index contributed by atoms with van der Waals surface area (Å²) in [4.78, 5) is 14.5. The number of hydrogen-bond donors (Lipinski definition) is 0. The fourth-order valence-electron chi connectivity index (χ4n) is 3.53. The highest BCUT2D eigenvalue weighted by molar-refractivity contribution is 7.99. The maximum absolute atomic E-state index is 12.5. The molecule has 4 rings (SSSR count). The van der Waals surface area contributed by atoms with Crippen LogP contribution >= 0.6 is 11.8 Å². The quantitative estimate of drug-likeness (QED) is 0.732. The van der Waals surface area contributed by atoms with Crippen LogP contribution in [0.15, 0.2) is 23.4 Å². The highest BCUT2D eigenvalue weighted by atomic mass is 32.2. The summed E-state index contributed by atoms with van der Waals surface area (Å²) < 4.78 is 13.4. The zero-order valence-corrected chi connectivity index (χ0v) is 17.0. The van der Waals surface area contributed by atoms with Crippen LogP contribution in [0.5, 0.6) is 11.5 Å². The van der Waals surface area contributed by atoms with Gasteiger partial charge in [0.15, 0.2) is 22.5 Å². The van der Waals surface area contributed by atoms with Gasteiger partial charge in [-0.05, 0) is 31.0 Å². The van der Waals surface area contributed by atoms with Crippen LogP contribution in [0.1, 0.15) is 32.1 Å². The van der Waals surface area contributed by atoms with Crippen LogP contribution in [0.4, 0.5) is 0 Å². The SMILES string of the molecule is Cn1c(SCC(=O)N2CCCCCC2)nnc1-c1ccc2c(c1)OCCCO2. The number of fused-ring (bicyclic) bond motifs is 1. The summed E-state index contributed by atoms with van der Waals surface area (Å²) in [6.07, 6.45) is 5.53. The molecule has 0 bridgehead atoms. The highest BCUT2D eigenvalue weighted by Crippen LogP contribution is 2.34. The van der Waals surface area contributed by atoms with E-state index in [4.69, 9.17) is 9.47 Å². The zero-order valence-electron chi connectivity index (χ0n) is 16.2. The molecule has 0 N–H and O–H groups in total. The van der Waals surface area contributed by atoms with Gasteiger partial charge < -0.3 is 18.9 Å². The minimum absolute atomic E-state index is 0.187. The summed E-state index contributed by atoms with van der Waals surface area (Å²) in [5, 5.41) is 9.37. The van der Waals surface area contributed by atoms with Crippen molar-refractivity contribution in [3.63, 3.8) is 0 Å². The Morgan fingerprint density at radius 3 is 2.57 bits per heavy atom. The van der Waals surface area contributed by atoms with Crippen LogP contribution in [-0.4, -0.2) is 57.6 Å². The second-order valence-electron chi connectivity index (χ2n) is 7.16. The molecular formula is C20H26N4O3S. The lowest BCUT2D eigenvalue weighted by Crippen LogP contribution is -2.33. The molecule has 2 aliphatic heterocycles. The molecule has 1 aromatic carbocycles. The molecule has 1 fully saturated rings. The number of amides is 1. The van der Waals surface area contributed by atoms with Crippen LogP contribution in [-0.2, 0) is 11.8 Å². The van der Waals surface area contributed by atoms with Crippen LogP contribution < -0.4 is 9.47 Å². The van der Waals surface area contributed by atoms with Gasteiger partial charge in [-0.15, -0.1) is 10.2 Å². The van der Waals surface area contributed by atoms with E-state index < -0.39 is 0 Å². The molecule has 1 saturated heterocycles. The third kappa shape index (κ3) is 4.27. The fourth-order valence-corrected chi connectivity index (χ4v) is 4.35. The van der Waals surface area contributed by atoms with E-state index in [-0.39, 0.29) is 5.91 Å². The van der Waals surface area contributed by atoms with Gasteiger partial charge in [0.1, 0.15) is 0 Å². The van der Waals surface area contributed by atoms with Crippen molar-refractivity contribution in [2.24, 2.45) is 7.05 Å². The summed E-state index contributed by atoms with van der Waals surface area (Å²) in [7, 11) is 1.93. The Kier molecular flexibility index (Phi) is 6.04. The minimum atomic E-state index is 0.187. The number of hydrogen-bond acceptors (Lipinski definition) is 6. The van der Waals surface area contributed by atoms with E-state index in [1.54, 1.807) is 0 Å². The molecule has 2 aliphatic rings. The van der Waals surface area contributed by atoms with Gasteiger partial charge in [-0.3, -0.25) is 4.79 Å². The number of benzene rings is 1. The second kappa shape index (κ2) is 8.86. The molecule has 0 unspecified atom stereocenters. The largest absolute Gasteiger partial charge is 0.490 e. The van der Waals surface area contributed by atoms with E-state index in [1.165, 1.54) is 24.6 Å². The third-order valence-electron chi connectivity index (χ3n) is 5.12. The summed E-state index contributed by atoms with van der Waals surface area (Å²) in [5.74, 6) is 2.84. The van der Waals surface area contributed by atoms with Gasteiger partial charge in [0.05, 0.1) is 19.0 Å². The molecule has 150 valence electrons. The Morgan fingerprint density at radius 2 is 1.79 bits per heavy atom. The summed E-state index contributed by atoms with van der Waals surface area (Å²) >= 11 is 1.45. The van der Waals surface area contributed by atoms with E-state index in [2.05, 4.69) is 10.2 Å². The van der Waals surface area contributed by atoms with Crippen LogP contribution in [0.3, 0.4) is 0 Å². The monoisotopic (exact) mass is 402 g/mol. The van der Waals surface area contributed by atoms with Crippen LogP contribution in [0, 0.1) is 0 Å². The average Bonchev–Trinajstić information content (AvgIpc) is 2.93. The maximum atomic E-state index is 12.5. The first-order valence-electron chi connectivity index (χ1n) is 9.92. The maximum Gasteiger partial charge on any atom is 0.233 e. The first-order chi connectivity index (χ1) is 13.7. The molecule has 2 aromatic rings. The Hall–Kier alpha value is -2.22. The van der Waals surface area contributed by atoms with E-state index in [0.29, 0.717) is 19.0 Å². The molecule has 7 nitrogen and oxygen atoms in total. The van der Waals surface area contributed by atoms with Crippen molar-refractivity contribution < 1.29 is 14.3 Å². The summed E-state index contributed by atoms with van der Waals surface area (Å²) in [6.45, 7) is 3.07. The minimum Gasteiger partial charge on any atom is -0.490 e. The lowest BCUT2D eigenvalue weighted by atomic mass is 10.2. The molecule has 0 atom stereocenters. The average molecular weight is 403 g/mol. The number of aromatic nitrogens is 3. The predicted molar refractivity (Wildman–Crippen MR) is 108 cm³/mol. The van der Waals surface area contributed by atoms with Gasteiger partial charge in [0.2, 0.25) is 5.91 Å². The van der Waals surface area contributed by atoms with Crippen molar-refractivity contribution in [3.8, 4) is 22.9 Å². The van der Waals surface area contributed by atoms with Gasteiger partial charge in [-0.1, -0.05) is 24.6 Å². The van der Waals surface area contributed by atoms with Crippen molar-refractivity contribution in [1.29, 1.82) is 0 Å². The number of rotatable bonds is 4. The number of thioether (sulfide) groups is 1. The molecule has 1 aromatic heterocycles. The van der Waals surface area contributed by atoms with Crippen molar-refractivity contribution in [1.82, 2.24) is 19.7 Å². The van der Waals surface area contributed by atoms with E-state index >= 15 is 0 Å². The molecule has 3 heterocycles. The smallest absolute Gasteiger partial charge is 0.233 e. The Balaban J connectivity index is 1.44. The van der Waals surface area contributed by atoms with Gasteiger partial charge in [-0.2, -0.15) is 0 Å². The van der Waals surface area contributed by atoms with E-state index in [1.807, 2.05) is 34.7 Å². The number of nitrogens with zero attached hydrogens (tertiary/aromatic N) is 4. The normalized spacial score (nSPS) is 17.1. The number of carbonyl (C=O) groups excluding carboxylic acids is 1. The van der Waals surface area contributed by atoms with Crippen LogP contribution in [0.25, 0.3) is 11.4 Å². The lowest BCUT2D eigenvalue weighted by molar-refractivity contribution is -0.128. The second-order valence-corrected chi connectivity index (χ2v) is 8.10. The summed E-state index contributed by atoms with van der Waals surface area (Å²) in [5.41, 5.74) is 0.921. The van der Waals surface area contributed by atoms with Crippen molar-refractivity contribution in [3.05, 3.63) is 18.2 Å². The zero-order chi connectivity index (χ0) is 19.3. The van der Waals surface area contributed by atoms with Crippen molar-refractivity contribution in [2.75, 3.05) is 32.1 Å². The fraction of sp³-hybridized carbons (Fsp3) is 0.550. The van der Waals surface area contributed by atoms with E-state index in [9.17, 15) is 4.79 Å². The molecule has 0 saturated carbocycles. The first-order valence-corrected chi connectivity index (χ1v) is 10.9. The van der Waals surface area contributed by atoms with Gasteiger partial charge in [-0.25, -0.2) is 0 Å². The Morgan fingerprint density at radius 1 is 1.04 bits per heavy atom. The molecular weight excluding hydrogens is 376 g/mol. The molecule has 0 spiro atoms. The van der Waals surface area contributed by atoms with Gasteiger partial charge in [0, 0.05) is 32.1 Å². The van der Waals surface area contributed by atoms with Crippen molar-refractivity contribution >= 4 is 17.7 Å².